The lowest BCUT2D eigenvalue weighted by Crippen LogP contribution is -2.44. The maximum atomic E-state index is 12.0. The van der Waals surface area contributed by atoms with E-state index in [0.717, 1.165) is 24.8 Å². The average Bonchev–Trinajstić information content (AvgIpc) is 3.36. The third kappa shape index (κ3) is 5.62. The lowest BCUT2D eigenvalue weighted by Gasteiger charge is -2.32. The first-order valence-corrected chi connectivity index (χ1v) is 10.2. The molecule has 2 N–H and O–H groups in total. The van der Waals surface area contributed by atoms with Gasteiger partial charge in [0.1, 0.15) is 0 Å². The van der Waals surface area contributed by atoms with Crippen LogP contribution in [0.3, 0.4) is 0 Å². The third-order valence-electron chi connectivity index (χ3n) is 6.19. The molecular weight excluding hydrogens is 300 g/mol. The molecule has 0 radical (unpaired) electrons. The van der Waals surface area contributed by atoms with E-state index in [1.54, 1.807) is 0 Å². The molecule has 0 aromatic heterocycles. The van der Waals surface area contributed by atoms with Crippen LogP contribution in [0.5, 0.6) is 0 Å². The minimum atomic E-state index is 0.0536. The van der Waals surface area contributed by atoms with E-state index in [1.165, 1.54) is 77.7 Å². The maximum Gasteiger partial charge on any atom is 0.315 e. The van der Waals surface area contributed by atoms with Gasteiger partial charge in [-0.25, -0.2) is 4.79 Å². The number of urea groups is 1. The quantitative estimate of drug-likeness (QED) is 0.701. The van der Waals surface area contributed by atoms with E-state index in [0.29, 0.717) is 6.04 Å². The second-order valence-electron chi connectivity index (χ2n) is 8.16. The SMILES string of the molecule is CN1CCN(CCCCNC(=O)N[C@@H]2C[C@H]2C2CCCCC2)CC1. The highest BCUT2D eigenvalue weighted by molar-refractivity contribution is 5.74. The first kappa shape index (κ1) is 18.0. The number of amides is 2. The van der Waals surface area contributed by atoms with Crippen LogP contribution in [0.1, 0.15) is 51.4 Å². The normalized spacial score (nSPS) is 29.4. The summed E-state index contributed by atoms with van der Waals surface area (Å²) in [7, 11) is 2.19. The van der Waals surface area contributed by atoms with Gasteiger partial charge in [0, 0.05) is 38.8 Å². The molecule has 0 aromatic carbocycles. The van der Waals surface area contributed by atoms with Crippen LogP contribution in [0.15, 0.2) is 0 Å². The lowest BCUT2D eigenvalue weighted by atomic mass is 9.85. The van der Waals surface area contributed by atoms with Crippen molar-refractivity contribution in [1.29, 1.82) is 0 Å². The molecule has 1 heterocycles. The van der Waals surface area contributed by atoms with Gasteiger partial charge in [0.15, 0.2) is 0 Å². The number of nitrogens with one attached hydrogen (secondary N) is 2. The molecule has 0 unspecified atom stereocenters. The molecular formula is C19H36N4O. The molecule has 24 heavy (non-hydrogen) atoms. The number of hydrogen-bond donors (Lipinski definition) is 2. The number of hydrogen-bond acceptors (Lipinski definition) is 3. The minimum Gasteiger partial charge on any atom is -0.338 e. The van der Waals surface area contributed by atoms with Crippen LogP contribution in [0, 0.1) is 11.8 Å². The molecule has 5 heteroatoms. The van der Waals surface area contributed by atoms with Crippen molar-refractivity contribution in [1.82, 2.24) is 20.4 Å². The van der Waals surface area contributed by atoms with Crippen LogP contribution >= 0.6 is 0 Å². The Morgan fingerprint density at radius 2 is 1.79 bits per heavy atom. The van der Waals surface area contributed by atoms with E-state index in [4.69, 9.17) is 0 Å². The number of unbranched alkanes of at least 4 members (excludes halogenated alkanes) is 1. The number of rotatable bonds is 7. The van der Waals surface area contributed by atoms with Gasteiger partial charge >= 0.3 is 6.03 Å². The highest BCUT2D eigenvalue weighted by Gasteiger charge is 2.43. The van der Waals surface area contributed by atoms with Crippen molar-refractivity contribution in [3.05, 3.63) is 0 Å². The summed E-state index contributed by atoms with van der Waals surface area (Å²) >= 11 is 0. The van der Waals surface area contributed by atoms with Crippen LogP contribution in [0.2, 0.25) is 0 Å². The molecule has 138 valence electrons. The molecule has 0 spiro atoms. The Hall–Kier alpha value is -0.810. The Balaban J connectivity index is 1.18. The fourth-order valence-corrected chi connectivity index (χ4v) is 4.42. The van der Waals surface area contributed by atoms with Crippen molar-refractivity contribution in [3.63, 3.8) is 0 Å². The molecule has 1 saturated heterocycles. The van der Waals surface area contributed by atoms with Crippen LogP contribution in [0.4, 0.5) is 4.79 Å². The van der Waals surface area contributed by atoms with E-state index >= 15 is 0 Å². The van der Waals surface area contributed by atoms with Gasteiger partial charge in [-0.05, 0) is 44.7 Å². The summed E-state index contributed by atoms with van der Waals surface area (Å²) in [5.74, 6) is 1.65. The maximum absolute atomic E-state index is 12.0. The Labute approximate surface area is 147 Å². The zero-order chi connectivity index (χ0) is 16.8. The van der Waals surface area contributed by atoms with Crippen molar-refractivity contribution < 1.29 is 4.79 Å². The van der Waals surface area contributed by atoms with E-state index in [2.05, 4.69) is 27.5 Å². The summed E-state index contributed by atoms with van der Waals surface area (Å²) in [6.07, 6.45) is 10.4. The van der Waals surface area contributed by atoms with Crippen molar-refractivity contribution in [2.24, 2.45) is 11.8 Å². The molecule has 2 atom stereocenters. The number of carbonyl (C=O) groups excluding carboxylic acids is 1. The first-order chi connectivity index (χ1) is 11.7. The smallest absolute Gasteiger partial charge is 0.315 e. The van der Waals surface area contributed by atoms with Gasteiger partial charge in [0.2, 0.25) is 0 Å². The largest absolute Gasteiger partial charge is 0.338 e. The summed E-state index contributed by atoms with van der Waals surface area (Å²) in [5.41, 5.74) is 0. The molecule has 1 aliphatic heterocycles. The van der Waals surface area contributed by atoms with Crippen LogP contribution < -0.4 is 10.6 Å². The second kappa shape index (κ2) is 9.04. The number of nitrogens with zero attached hydrogens (tertiary/aromatic N) is 2. The number of piperazine rings is 1. The minimum absolute atomic E-state index is 0.0536. The summed E-state index contributed by atoms with van der Waals surface area (Å²) in [6, 6.07) is 0.511. The second-order valence-corrected chi connectivity index (χ2v) is 8.16. The van der Waals surface area contributed by atoms with Crippen molar-refractivity contribution >= 4 is 6.03 Å². The van der Waals surface area contributed by atoms with Crippen molar-refractivity contribution in [2.75, 3.05) is 46.3 Å². The number of carbonyl (C=O) groups is 1. The molecule has 2 amide bonds. The van der Waals surface area contributed by atoms with Gasteiger partial charge in [-0.15, -0.1) is 0 Å². The van der Waals surface area contributed by atoms with Gasteiger partial charge in [-0.3, -0.25) is 0 Å². The predicted octanol–water partition coefficient (Wildman–Crippen LogP) is 2.28. The predicted molar refractivity (Wildman–Crippen MR) is 98.2 cm³/mol. The average molecular weight is 337 g/mol. The van der Waals surface area contributed by atoms with Crippen molar-refractivity contribution in [3.8, 4) is 0 Å². The number of likely N-dealkylation sites (N-methyl/N-ethyl adjacent to an activating group) is 1. The highest BCUT2D eigenvalue weighted by Crippen LogP contribution is 2.44. The zero-order valence-electron chi connectivity index (χ0n) is 15.4. The molecule has 0 aromatic rings. The molecule has 2 saturated carbocycles. The van der Waals surface area contributed by atoms with Gasteiger partial charge in [0.25, 0.3) is 0 Å². The third-order valence-corrected chi connectivity index (χ3v) is 6.19. The Morgan fingerprint density at radius 1 is 1.04 bits per heavy atom. The Morgan fingerprint density at radius 3 is 2.54 bits per heavy atom. The summed E-state index contributed by atoms with van der Waals surface area (Å²) < 4.78 is 0. The van der Waals surface area contributed by atoms with Gasteiger partial charge in [0.05, 0.1) is 0 Å². The zero-order valence-corrected chi connectivity index (χ0v) is 15.4. The molecule has 2 aliphatic carbocycles. The van der Waals surface area contributed by atoms with Gasteiger partial charge in [-0.1, -0.05) is 32.1 Å². The van der Waals surface area contributed by atoms with Crippen LogP contribution in [-0.4, -0.2) is 68.2 Å². The fourth-order valence-electron chi connectivity index (χ4n) is 4.42. The first-order valence-electron chi connectivity index (χ1n) is 10.2. The highest BCUT2D eigenvalue weighted by atomic mass is 16.2. The molecule has 3 fully saturated rings. The summed E-state index contributed by atoms with van der Waals surface area (Å²) in [5, 5.41) is 6.23. The fraction of sp³-hybridized carbons (Fsp3) is 0.947. The van der Waals surface area contributed by atoms with E-state index in [9.17, 15) is 4.79 Å². The van der Waals surface area contributed by atoms with E-state index < -0.39 is 0 Å². The standard InChI is InChI=1S/C19H36N4O/c1-22-11-13-23(14-12-22)10-6-5-9-20-19(24)21-18-15-17(18)16-7-3-2-4-8-16/h16-18H,2-15H2,1H3,(H2,20,21,24)/t17-,18+/m0/s1. The van der Waals surface area contributed by atoms with Crippen LogP contribution in [-0.2, 0) is 0 Å². The molecule has 3 aliphatic rings. The van der Waals surface area contributed by atoms with Gasteiger partial charge in [-0.2, -0.15) is 0 Å². The Bertz CT molecular complexity index is 389. The summed E-state index contributed by atoms with van der Waals surface area (Å²) in [4.78, 5) is 16.9. The molecule has 5 nitrogen and oxygen atoms in total. The monoisotopic (exact) mass is 336 g/mol. The van der Waals surface area contributed by atoms with Crippen molar-refractivity contribution in [2.45, 2.75) is 57.4 Å². The topological polar surface area (TPSA) is 47.6 Å². The van der Waals surface area contributed by atoms with Gasteiger partial charge < -0.3 is 20.4 Å². The summed E-state index contributed by atoms with van der Waals surface area (Å²) in [6.45, 7) is 6.72. The molecule has 0 bridgehead atoms. The van der Waals surface area contributed by atoms with Crippen LogP contribution in [0.25, 0.3) is 0 Å². The molecule has 3 rings (SSSR count). The van der Waals surface area contributed by atoms with E-state index in [1.807, 2.05) is 0 Å². The Kier molecular flexibility index (Phi) is 6.78. The van der Waals surface area contributed by atoms with E-state index in [-0.39, 0.29) is 6.03 Å². The lowest BCUT2D eigenvalue weighted by molar-refractivity contribution is 0.152.